The minimum absolute atomic E-state index is 0.406. The summed E-state index contributed by atoms with van der Waals surface area (Å²) >= 11 is 0. The molecule has 2 heterocycles. The molecule has 0 unspecified atom stereocenters. The largest absolute Gasteiger partial charge is 0.296 e. The molecule has 0 N–H and O–H groups in total. The van der Waals surface area contributed by atoms with Gasteiger partial charge >= 0.3 is 0 Å². The fourth-order valence-corrected chi connectivity index (χ4v) is 1.39. The minimum atomic E-state index is 0.406. The van der Waals surface area contributed by atoms with Gasteiger partial charge in [0.2, 0.25) is 0 Å². The lowest BCUT2D eigenvalue weighted by Gasteiger charge is -2.01. The molecular weight excluding hydrogens is 202 g/mol. The smallest absolute Gasteiger partial charge is 0.168 e. The first-order valence-corrected chi connectivity index (χ1v) is 5.18. The molecule has 0 saturated heterocycles. The van der Waals surface area contributed by atoms with E-state index in [9.17, 15) is 4.79 Å². The monoisotopic (exact) mass is 215 g/mol. The van der Waals surface area contributed by atoms with Gasteiger partial charge in [-0.05, 0) is 24.1 Å². The van der Waals surface area contributed by atoms with Crippen LogP contribution in [-0.2, 0) is 0 Å². The molecule has 16 heavy (non-hydrogen) atoms. The third kappa shape index (κ3) is 2.00. The molecule has 82 valence electrons. The molecule has 0 spiro atoms. The summed E-state index contributed by atoms with van der Waals surface area (Å²) in [6.07, 6.45) is 4.26. The molecule has 0 radical (unpaired) electrons. The second kappa shape index (κ2) is 4.26. The third-order valence-corrected chi connectivity index (χ3v) is 2.36. The number of hydrogen-bond donors (Lipinski definition) is 0. The Labute approximate surface area is 93.9 Å². The molecule has 0 amide bonds. The molecule has 0 atom stereocenters. The summed E-state index contributed by atoms with van der Waals surface area (Å²) < 4.78 is 1.76. The van der Waals surface area contributed by atoms with E-state index in [1.165, 1.54) is 0 Å². The van der Waals surface area contributed by atoms with E-state index in [2.05, 4.69) is 23.9 Å². The number of carbonyl (C=O) groups excluding carboxylic acids is 1. The van der Waals surface area contributed by atoms with Crippen LogP contribution in [0.2, 0.25) is 0 Å². The van der Waals surface area contributed by atoms with Gasteiger partial charge in [0.05, 0.1) is 17.6 Å². The summed E-state index contributed by atoms with van der Waals surface area (Å²) in [5, 5.41) is 4.42. The normalized spacial score (nSPS) is 10.7. The van der Waals surface area contributed by atoms with Crippen molar-refractivity contribution in [2.24, 2.45) is 0 Å². The topological polar surface area (TPSA) is 47.8 Å². The van der Waals surface area contributed by atoms with E-state index >= 15 is 0 Å². The van der Waals surface area contributed by atoms with Crippen molar-refractivity contribution in [2.75, 3.05) is 0 Å². The van der Waals surface area contributed by atoms with Gasteiger partial charge in [-0.15, -0.1) is 0 Å². The number of nitrogens with zero attached hydrogens (tertiary/aromatic N) is 3. The van der Waals surface area contributed by atoms with Gasteiger partial charge in [-0.2, -0.15) is 5.10 Å². The van der Waals surface area contributed by atoms with Gasteiger partial charge in [0.1, 0.15) is 5.69 Å². The lowest BCUT2D eigenvalue weighted by atomic mass is 10.1. The highest BCUT2D eigenvalue weighted by molar-refractivity contribution is 5.71. The van der Waals surface area contributed by atoms with E-state index in [1.807, 2.05) is 18.3 Å². The molecule has 2 aromatic heterocycles. The molecule has 4 heteroatoms. The van der Waals surface area contributed by atoms with Crippen LogP contribution in [0.1, 0.15) is 35.9 Å². The molecular formula is C12H13N3O. The number of carbonyl (C=O) groups is 1. The maximum atomic E-state index is 10.5. The fourth-order valence-electron chi connectivity index (χ4n) is 1.39. The maximum absolute atomic E-state index is 10.5. The molecule has 0 aromatic carbocycles. The van der Waals surface area contributed by atoms with Crippen molar-refractivity contribution in [3.8, 4) is 5.69 Å². The van der Waals surface area contributed by atoms with Crippen LogP contribution in [0.15, 0.2) is 30.6 Å². The zero-order valence-electron chi connectivity index (χ0n) is 9.29. The van der Waals surface area contributed by atoms with Crippen LogP contribution in [-0.4, -0.2) is 21.1 Å². The van der Waals surface area contributed by atoms with Gasteiger partial charge in [-0.1, -0.05) is 13.8 Å². The Hall–Kier alpha value is -1.97. The number of rotatable bonds is 3. The minimum Gasteiger partial charge on any atom is -0.296 e. The first kappa shape index (κ1) is 10.5. The second-order valence-corrected chi connectivity index (χ2v) is 3.90. The molecule has 0 fully saturated rings. The Morgan fingerprint density at radius 1 is 1.31 bits per heavy atom. The zero-order valence-corrected chi connectivity index (χ0v) is 9.29. The highest BCUT2D eigenvalue weighted by atomic mass is 16.1. The Balaban J connectivity index is 2.31. The maximum Gasteiger partial charge on any atom is 0.168 e. The quantitative estimate of drug-likeness (QED) is 0.737. The highest BCUT2D eigenvalue weighted by Gasteiger charge is 2.04. The third-order valence-electron chi connectivity index (χ3n) is 2.36. The van der Waals surface area contributed by atoms with Gasteiger partial charge in [0.15, 0.2) is 6.29 Å². The Morgan fingerprint density at radius 3 is 2.62 bits per heavy atom. The van der Waals surface area contributed by atoms with Crippen molar-refractivity contribution < 1.29 is 4.79 Å². The molecule has 0 aliphatic heterocycles. The van der Waals surface area contributed by atoms with Crippen LogP contribution in [0, 0.1) is 0 Å². The van der Waals surface area contributed by atoms with E-state index in [0.29, 0.717) is 11.6 Å². The number of hydrogen-bond acceptors (Lipinski definition) is 3. The van der Waals surface area contributed by atoms with Crippen LogP contribution < -0.4 is 0 Å². The summed E-state index contributed by atoms with van der Waals surface area (Å²) in [7, 11) is 0. The highest BCUT2D eigenvalue weighted by Crippen LogP contribution is 2.13. The van der Waals surface area contributed by atoms with E-state index in [-0.39, 0.29) is 0 Å². The average Bonchev–Trinajstić information content (AvgIpc) is 2.78. The van der Waals surface area contributed by atoms with Gasteiger partial charge in [-0.25, -0.2) is 4.68 Å². The predicted octanol–water partition coefficient (Wildman–Crippen LogP) is 2.20. The molecule has 2 aromatic rings. The Morgan fingerprint density at radius 2 is 2.12 bits per heavy atom. The number of aromatic nitrogens is 3. The van der Waals surface area contributed by atoms with Crippen LogP contribution in [0.5, 0.6) is 0 Å². The SMILES string of the molecule is CC(C)c1ccn(-c2ccc(C=O)nc2)n1. The molecule has 0 aliphatic carbocycles. The van der Waals surface area contributed by atoms with Crippen molar-refractivity contribution in [3.63, 3.8) is 0 Å². The summed E-state index contributed by atoms with van der Waals surface area (Å²) in [6.45, 7) is 4.20. The number of aldehydes is 1. The van der Waals surface area contributed by atoms with Crippen molar-refractivity contribution in [3.05, 3.63) is 42.0 Å². The second-order valence-electron chi connectivity index (χ2n) is 3.90. The summed E-state index contributed by atoms with van der Waals surface area (Å²) in [4.78, 5) is 14.5. The van der Waals surface area contributed by atoms with Crippen molar-refractivity contribution >= 4 is 6.29 Å². The average molecular weight is 215 g/mol. The lowest BCUT2D eigenvalue weighted by Crippen LogP contribution is -1.98. The van der Waals surface area contributed by atoms with Crippen molar-refractivity contribution in [1.29, 1.82) is 0 Å². The first-order valence-electron chi connectivity index (χ1n) is 5.18. The zero-order chi connectivity index (χ0) is 11.5. The van der Waals surface area contributed by atoms with Crippen molar-refractivity contribution in [2.45, 2.75) is 19.8 Å². The summed E-state index contributed by atoms with van der Waals surface area (Å²) in [5.74, 6) is 0.406. The van der Waals surface area contributed by atoms with Crippen LogP contribution in [0.3, 0.4) is 0 Å². The van der Waals surface area contributed by atoms with Crippen LogP contribution >= 0.6 is 0 Å². The Kier molecular flexibility index (Phi) is 2.81. The van der Waals surface area contributed by atoms with Gasteiger partial charge in [-0.3, -0.25) is 9.78 Å². The predicted molar refractivity (Wildman–Crippen MR) is 60.8 cm³/mol. The van der Waals surface area contributed by atoms with Gasteiger partial charge in [0, 0.05) is 6.20 Å². The molecule has 4 nitrogen and oxygen atoms in total. The summed E-state index contributed by atoms with van der Waals surface area (Å²) in [6, 6.07) is 5.49. The first-order chi connectivity index (χ1) is 7.70. The fraction of sp³-hybridized carbons (Fsp3) is 0.250. The standard InChI is InChI=1S/C12H13N3O/c1-9(2)12-5-6-15(14-12)11-4-3-10(8-16)13-7-11/h3-9H,1-2H3. The van der Waals surface area contributed by atoms with Crippen LogP contribution in [0.25, 0.3) is 5.69 Å². The van der Waals surface area contributed by atoms with Gasteiger partial charge < -0.3 is 0 Å². The van der Waals surface area contributed by atoms with Gasteiger partial charge in [0.25, 0.3) is 0 Å². The molecule has 0 aliphatic rings. The molecule has 2 rings (SSSR count). The number of pyridine rings is 1. The van der Waals surface area contributed by atoms with E-state index in [1.54, 1.807) is 16.9 Å². The molecule has 0 saturated carbocycles. The summed E-state index contributed by atoms with van der Waals surface area (Å²) in [5.41, 5.74) is 2.33. The lowest BCUT2D eigenvalue weighted by molar-refractivity contribution is 0.111. The van der Waals surface area contributed by atoms with E-state index in [4.69, 9.17) is 0 Å². The van der Waals surface area contributed by atoms with Crippen molar-refractivity contribution in [1.82, 2.24) is 14.8 Å². The van der Waals surface area contributed by atoms with Crippen LogP contribution in [0.4, 0.5) is 0 Å². The van der Waals surface area contributed by atoms with E-state index in [0.717, 1.165) is 17.7 Å². The Bertz CT molecular complexity index is 485. The molecule has 0 bridgehead atoms. The van der Waals surface area contributed by atoms with E-state index < -0.39 is 0 Å².